The summed E-state index contributed by atoms with van der Waals surface area (Å²) in [5.74, 6) is -1.24. The van der Waals surface area contributed by atoms with Crippen molar-refractivity contribution in [2.75, 3.05) is 0 Å². The molecule has 0 radical (unpaired) electrons. The van der Waals surface area contributed by atoms with E-state index in [0.29, 0.717) is 5.56 Å². The van der Waals surface area contributed by atoms with Gasteiger partial charge < -0.3 is 10.4 Å². The molecule has 1 aromatic carbocycles. The molecule has 116 valence electrons. The molecule has 4 heteroatoms. The van der Waals surface area contributed by atoms with Crippen molar-refractivity contribution >= 4 is 11.9 Å². The number of carbonyl (C=O) groups is 2. The number of hydrogen-bond acceptors (Lipinski definition) is 2. The molecule has 2 atom stereocenters. The Kier molecular flexibility index (Phi) is 5.15. The van der Waals surface area contributed by atoms with Crippen molar-refractivity contribution in [1.82, 2.24) is 5.32 Å². The van der Waals surface area contributed by atoms with Gasteiger partial charge in [0.05, 0.1) is 5.41 Å². The monoisotopic (exact) mass is 291 g/mol. The van der Waals surface area contributed by atoms with Crippen LogP contribution in [0.3, 0.4) is 0 Å². The molecule has 0 saturated heterocycles. The Bertz CT molecular complexity index is 505. The van der Waals surface area contributed by atoms with Gasteiger partial charge in [-0.2, -0.15) is 0 Å². The first-order chi connectivity index (χ1) is 9.57. The highest BCUT2D eigenvalue weighted by molar-refractivity contribution is 5.89. The van der Waals surface area contributed by atoms with Crippen LogP contribution in [0, 0.1) is 5.41 Å². The van der Waals surface area contributed by atoms with E-state index in [9.17, 15) is 14.7 Å². The molecule has 1 aromatic rings. The number of benzene rings is 1. The molecule has 0 aliphatic heterocycles. The van der Waals surface area contributed by atoms with Crippen molar-refractivity contribution in [1.29, 1.82) is 0 Å². The number of carboxylic acid groups (broad SMARTS) is 1. The highest BCUT2D eigenvalue weighted by atomic mass is 16.4. The predicted molar refractivity (Wildman–Crippen MR) is 83.1 cm³/mol. The van der Waals surface area contributed by atoms with Crippen molar-refractivity contribution < 1.29 is 14.7 Å². The SMILES string of the molecule is CC(NC(=O)CC(C)(C(=O)O)c1ccccc1)C(C)(C)C. The fourth-order valence-electron chi connectivity index (χ4n) is 1.94. The molecule has 0 aliphatic carbocycles. The van der Waals surface area contributed by atoms with E-state index in [1.54, 1.807) is 31.2 Å². The van der Waals surface area contributed by atoms with E-state index in [2.05, 4.69) is 5.32 Å². The first kappa shape index (κ1) is 17.2. The van der Waals surface area contributed by atoms with Crippen molar-refractivity contribution in [3.8, 4) is 0 Å². The Hall–Kier alpha value is -1.84. The molecule has 2 N–H and O–H groups in total. The van der Waals surface area contributed by atoms with Gasteiger partial charge in [-0.3, -0.25) is 9.59 Å². The zero-order chi connectivity index (χ0) is 16.3. The van der Waals surface area contributed by atoms with Crippen LogP contribution < -0.4 is 5.32 Å². The minimum Gasteiger partial charge on any atom is -0.481 e. The lowest BCUT2D eigenvalue weighted by Crippen LogP contribution is -2.45. The molecule has 0 aliphatic rings. The quantitative estimate of drug-likeness (QED) is 0.876. The van der Waals surface area contributed by atoms with Gasteiger partial charge in [-0.1, -0.05) is 51.1 Å². The molecular weight excluding hydrogens is 266 g/mol. The number of aliphatic carboxylic acids is 1. The third-order valence-electron chi connectivity index (χ3n) is 4.07. The topological polar surface area (TPSA) is 66.4 Å². The number of rotatable bonds is 5. The van der Waals surface area contributed by atoms with E-state index in [0.717, 1.165) is 0 Å². The number of carbonyl (C=O) groups excluding carboxylic acids is 1. The van der Waals surface area contributed by atoms with E-state index in [1.807, 2.05) is 33.8 Å². The van der Waals surface area contributed by atoms with Gasteiger partial charge in [-0.15, -0.1) is 0 Å². The van der Waals surface area contributed by atoms with Crippen LogP contribution in [0.1, 0.15) is 46.6 Å². The maximum Gasteiger partial charge on any atom is 0.314 e. The fraction of sp³-hybridized carbons (Fsp3) is 0.529. The van der Waals surface area contributed by atoms with E-state index in [1.165, 1.54) is 0 Å². The Labute approximate surface area is 126 Å². The second kappa shape index (κ2) is 6.29. The predicted octanol–water partition coefficient (Wildman–Crippen LogP) is 2.97. The van der Waals surface area contributed by atoms with Crippen LogP contribution >= 0.6 is 0 Å². The summed E-state index contributed by atoms with van der Waals surface area (Å²) in [6.07, 6.45) is -0.0766. The summed E-state index contributed by atoms with van der Waals surface area (Å²) in [6.45, 7) is 9.62. The number of hydrogen-bond donors (Lipinski definition) is 2. The summed E-state index contributed by atoms with van der Waals surface area (Å²) in [6, 6.07) is 8.86. The molecule has 0 fully saturated rings. The van der Waals surface area contributed by atoms with Gasteiger partial charge in [-0.25, -0.2) is 0 Å². The van der Waals surface area contributed by atoms with Crippen LogP contribution in [0.15, 0.2) is 30.3 Å². The number of nitrogens with one attached hydrogen (secondary N) is 1. The third kappa shape index (κ3) is 4.31. The average molecular weight is 291 g/mol. The molecule has 0 saturated carbocycles. The smallest absolute Gasteiger partial charge is 0.314 e. The van der Waals surface area contributed by atoms with E-state index in [4.69, 9.17) is 0 Å². The Balaban J connectivity index is 2.90. The second-order valence-corrected chi connectivity index (χ2v) is 6.84. The molecule has 0 aromatic heterocycles. The van der Waals surface area contributed by atoms with Crippen molar-refractivity contribution in [2.45, 2.75) is 52.5 Å². The molecule has 0 spiro atoms. The summed E-state index contributed by atoms with van der Waals surface area (Å²) in [5.41, 5.74) is -0.651. The largest absolute Gasteiger partial charge is 0.481 e. The maximum atomic E-state index is 12.2. The fourth-order valence-corrected chi connectivity index (χ4v) is 1.94. The molecule has 21 heavy (non-hydrogen) atoms. The van der Waals surface area contributed by atoms with Crippen LogP contribution in [-0.2, 0) is 15.0 Å². The van der Waals surface area contributed by atoms with E-state index in [-0.39, 0.29) is 23.8 Å². The van der Waals surface area contributed by atoms with Crippen LogP contribution in [0.2, 0.25) is 0 Å². The summed E-state index contributed by atoms with van der Waals surface area (Å²) in [5, 5.41) is 12.4. The lowest BCUT2D eigenvalue weighted by Gasteiger charge is -2.30. The standard InChI is InChI=1S/C17H25NO3/c1-12(16(2,3)4)18-14(19)11-17(5,15(20)21)13-9-7-6-8-10-13/h6-10,12H,11H2,1-5H3,(H,18,19)(H,20,21). The summed E-state index contributed by atoms with van der Waals surface area (Å²) < 4.78 is 0. The van der Waals surface area contributed by atoms with Gasteiger partial charge in [0, 0.05) is 12.5 Å². The van der Waals surface area contributed by atoms with E-state index < -0.39 is 11.4 Å². The molecule has 2 unspecified atom stereocenters. The van der Waals surface area contributed by atoms with Crippen LogP contribution in [-0.4, -0.2) is 23.0 Å². The molecule has 0 heterocycles. The Morgan fingerprint density at radius 2 is 1.67 bits per heavy atom. The van der Waals surface area contributed by atoms with Gasteiger partial charge in [0.1, 0.15) is 0 Å². The lowest BCUT2D eigenvalue weighted by molar-refractivity contribution is -0.145. The second-order valence-electron chi connectivity index (χ2n) is 6.84. The van der Waals surface area contributed by atoms with Crippen molar-refractivity contribution in [2.24, 2.45) is 5.41 Å². The lowest BCUT2D eigenvalue weighted by atomic mass is 9.79. The zero-order valence-electron chi connectivity index (χ0n) is 13.4. The summed E-state index contributed by atoms with van der Waals surface area (Å²) in [4.78, 5) is 23.9. The molecule has 1 rings (SSSR count). The average Bonchev–Trinajstić information content (AvgIpc) is 2.38. The Morgan fingerprint density at radius 3 is 2.10 bits per heavy atom. The number of amides is 1. The van der Waals surface area contributed by atoms with Gasteiger partial charge in [0.2, 0.25) is 5.91 Å². The van der Waals surface area contributed by atoms with Gasteiger partial charge in [0.25, 0.3) is 0 Å². The number of carboxylic acids is 1. The Morgan fingerprint density at radius 1 is 1.14 bits per heavy atom. The molecular formula is C17H25NO3. The highest BCUT2D eigenvalue weighted by Crippen LogP contribution is 2.28. The zero-order valence-corrected chi connectivity index (χ0v) is 13.4. The van der Waals surface area contributed by atoms with Gasteiger partial charge in [0.15, 0.2) is 0 Å². The van der Waals surface area contributed by atoms with Crippen molar-refractivity contribution in [3.05, 3.63) is 35.9 Å². The van der Waals surface area contributed by atoms with Crippen LogP contribution in [0.5, 0.6) is 0 Å². The minimum atomic E-state index is -1.22. The molecule has 4 nitrogen and oxygen atoms in total. The van der Waals surface area contributed by atoms with E-state index >= 15 is 0 Å². The van der Waals surface area contributed by atoms with Gasteiger partial charge in [-0.05, 0) is 24.8 Å². The van der Waals surface area contributed by atoms with Crippen LogP contribution in [0.4, 0.5) is 0 Å². The third-order valence-corrected chi connectivity index (χ3v) is 4.07. The van der Waals surface area contributed by atoms with Crippen molar-refractivity contribution in [3.63, 3.8) is 0 Å². The molecule has 0 bridgehead atoms. The van der Waals surface area contributed by atoms with Crippen LogP contribution in [0.25, 0.3) is 0 Å². The maximum absolute atomic E-state index is 12.2. The highest BCUT2D eigenvalue weighted by Gasteiger charge is 2.38. The van der Waals surface area contributed by atoms with Gasteiger partial charge >= 0.3 is 5.97 Å². The molecule has 1 amide bonds. The minimum absolute atomic E-state index is 0.0289. The normalized spacial score (nSPS) is 15.9. The summed E-state index contributed by atoms with van der Waals surface area (Å²) in [7, 11) is 0. The first-order valence-corrected chi connectivity index (χ1v) is 7.15. The summed E-state index contributed by atoms with van der Waals surface area (Å²) >= 11 is 0. The first-order valence-electron chi connectivity index (χ1n) is 7.15.